The van der Waals surface area contributed by atoms with Gasteiger partial charge in [0, 0.05) is 18.8 Å². The van der Waals surface area contributed by atoms with Gasteiger partial charge in [-0.25, -0.2) is 0 Å². The molecule has 0 bridgehead atoms. The fourth-order valence-corrected chi connectivity index (χ4v) is 2.27. The van der Waals surface area contributed by atoms with Crippen LogP contribution in [0.1, 0.15) is 57.0 Å². The van der Waals surface area contributed by atoms with E-state index in [1.54, 1.807) is 0 Å². The van der Waals surface area contributed by atoms with E-state index in [0.29, 0.717) is 11.5 Å². The van der Waals surface area contributed by atoms with Crippen molar-refractivity contribution >= 4 is 0 Å². The van der Waals surface area contributed by atoms with Crippen molar-refractivity contribution in [1.29, 1.82) is 0 Å². The minimum atomic E-state index is 0.309. The molecule has 1 atom stereocenters. The SMILES string of the molecule is Cc1nn(C)c(C)c1CCC(N)CCC(C)(C)C. The van der Waals surface area contributed by atoms with Gasteiger partial charge in [-0.1, -0.05) is 20.8 Å². The van der Waals surface area contributed by atoms with Crippen molar-refractivity contribution in [2.24, 2.45) is 18.2 Å². The zero-order valence-corrected chi connectivity index (χ0v) is 12.9. The predicted molar refractivity (Wildman–Crippen MR) is 77.7 cm³/mol. The summed E-state index contributed by atoms with van der Waals surface area (Å²) in [6, 6.07) is 0.309. The molecule has 0 aliphatic rings. The molecular formula is C15H29N3. The van der Waals surface area contributed by atoms with E-state index in [9.17, 15) is 0 Å². The number of hydrogen-bond acceptors (Lipinski definition) is 2. The highest BCUT2D eigenvalue weighted by molar-refractivity contribution is 5.24. The van der Waals surface area contributed by atoms with Crippen molar-refractivity contribution in [2.75, 3.05) is 0 Å². The van der Waals surface area contributed by atoms with Gasteiger partial charge in [-0.15, -0.1) is 0 Å². The molecule has 1 heterocycles. The van der Waals surface area contributed by atoms with Gasteiger partial charge in [0.15, 0.2) is 0 Å². The third-order valence-corrected chi connectivity index (χ3v) is 3.69. The van der Waals surface area contributed by atoms with Crippen LogP contribution in [0.25, 0.3) is 0 Å². The van der Waals surface area contributed by atoms with Crippen LogP contribution in [0.15, 0.2) is 0 Å². The first-order valence-corrected chi connectivity index (χ1v) is 6.95. The molecule has 3 nitrogen and oxygen atoms in total. The number of hydrogen-bond donors (Lipinski definition) is 1. The molecule has 0 aromatic carbocycles. The van der Waals surface area contributed by atoms with E-state index in [1.165, 1.54) is 17.7 Å². The molecule has 2 N–H and O–H groups in total. The number of nitrogens with zero attached hydrogens (tertiary/aromatic N) is 2. The predicted octanol–water partition coefficient (Wildman–Crippen LogP) is 3.12. The molecule has 1 rings (SSSR count). The van der Waals surface area contributed by atoms with E-state index < -0.39 is 0 Å². The average molecular weight is 251 g/mol. The molecule has 0 aliphatic heterocycles. The Morgan fingerprint density at radius 2 is 1.83 bits per heavy atom. The fraction of sp³-hybridized carbons (Fsp3) is 0.800. The zero-order chi connectivity index (χ0) is 13.9. The van der Waals surface area contributed by atoms with E-state index in [-0.39, 0.29) is 0 Å². The van der Waals surface area contributed by atoms with Gasteiger partial charge in [-0.3, -0.25) is 4.68 Å². The highest BCUT2D eigenvalue weighted by Crippen LogP contribution is 2.22. The molecule has 0 saturated heterocycles. The summed E-state index contributed by atoms with van der Waals surface area (Å²) in [6.45, 7) is 11.0. The molecule has 104 valence electrons. The van der Waals surface area contributed by atoms with E-state index in [4.69, 9.17) is 5.73 Å². The van der Waals surface area contributed by atoms with Gasteiger partial charge in [0.2, 0.25) is 0 Å². The Labute approximate surface area is 112 Å². The first-order valence-electron chi connectivity index (χ1n) is 6.95. The summed E-state index contributed by atoms with van der Waals surface area (Å²) in [4.78, 5) is 0. The first-order chi connectivity index (χ1) is 8.20. The van der Waals surface area contributed by atoms with Crippen LogP contribution in [-0.4, -0.2) is 15.8 Å². The first kappa shape index (κ1) is 15.2. The van der Waals surface area contributed by atoms with Gasteiger partial charge in [0.1, 0.15) is 0 Å². The maximum atomic E-state index is 6.21. The lowest BCUT2D eigenvalue weighted by atomic mass is 9.87. The molecule has 0 fully saturated rings. The highest BCUT2D eigenvalue weighted by atomic mass is 15.3. The van der Waals surface area contributed by atoms with Crippen LogP contribution in [-0.2, 0) is 13.5 Å². The Morgan fingerprint density at radius 1 is 1.22 bits per heavy atom. The lowest BCUT2D eigenvalue weighted by Gasteiger charge is -2.20. The van der Waals surface area contributed by atoms with Crippen LogP contribution in [0.4, 0.5) is 0 Å². The zero-order valence-electron chi connectivity index (χ0n) is 12.9. The summed E-state index contributed by atoms with van der Waals surface area (Å²) in [7, 11) is 2.01. The molecule has 1 aromatic rings. The van der Waals surface area contributed by atoms with Gasteiger partial charge in [-0.2, -0.15) is 5.10 Å². The highest BCUT2D eigenvalue weighted by Gasteiger charge is 2.14. The smallest absolute Gasteiger partial charge is 0.0628 e. The molecule has 0 radical (unpaired) electrons. The molecule has 0 saturated carbocycles. The summed E-state index contributed by atoms with van der Waals surface area (Å²) in [6.07, 6.45) is 4.42. The molecule has 3 heteroatoms. The lowest BCUT2D eigenvalue weighted by molar-refractivity contribution is 0.343. The number of nitrogens with two attached hydrogens (primary N) is 1. The molecule has 1 unspecified atom stereocenters. The quantitative estimate of drug-likeness (QED) is 0.873. The van der Waals surface area contributed by atoms with Crippen molar-refractivity contribution in [3.63, 3.8) is 0 Å². The normalized spacial score (nSPS) is 13.9. The minimum absolute atomic E-state index is 0.309. The fourth-order valence-electron chi connectivity index (χ4n) is 2.27. The van der Waals surface area contributed by atoms with Gasteiger partial charge < -0.3 is 5.73 Å². The van der Waals surface area contributed by atoms with Crippen LogP contribution < -0.4 is 5.73 Å². The van der Waals surface area contributed by atoms with Crippen molar-refractivity contribution in [3.05, 3.63) is 17.0 Å². The van der Waals surface area contributed by atoms with Gasteiger partial charge in [0.05, 0.1) is 5.69 Å². The lowest BCUT2D eigenvalue weighted by Crippen LogP contribution is -2.23. The third kappa shape index (κ3) is 4.45. The molecular weight excluding hydrogens is 222 g/mol. The largest absolute Gasteiger partial charge is 0.328 e. The molecule has 0 aliphatic carbocycles. The second-order valence-corrected chi connectivity index (χ2v) is 6.67. The minimum Gasteiger partial charge on any atom is -0.328 e. The van der Waals surface area contributed by atoms with E-state index in [0.717, 1.165) is 25.0 Å². The summed E-state index contributed by atoms with van der Waals surface area (Å²) in [5.41, 5.74) is 10.4. The van der Waals surface area contributed by atoms with Crippen molar-refractivity contribution in [1.82, 2.24) is 9.78 Å². The number of aryl methyl sites for hydroxylation is 2. The van der Waals surface area contributed by atoms with Gasteiger partial charge in [-0.05, 0) is 50.5 Å². The summed E-state index contributed by atoms with van der Waals surface area (Å²) < 4.78 is 1.96. The summed E-state index contributed by atoms with van der Waals surface area (Å²) >= 11 is 0. The Kier molecular flexibility index (Phi) is 4.97. The third-order valence-electron chi connectivity index (χ3n) is 3.69. The second-order valence-electron chi connectivity index (χ2n) is 6.67. The van der Waals surface area contributed by atoms with Crippen molar-refractivity contribution < 1.29 is 0 Å². The van der Waals surface area contributed by atoms with Gasteiger partial charge in [0.25, 0.3) is 0 Å². The Balaban J connectivity index is 2.45. The average Bonchev–Trinajstić information content (AvgIpc) is 2.47. The topological polar surface area (TPSA) is 43.8 Å². The van der Waals surface area contributed by atoms with E-state index >= 15 is 0 Å². The van der Waals surface area contributed by atoms with Crippen LogP contribution in [0.3, 0.4) is 0 Å². The number of rotatable bonds is 5. The number of aromatic nitrogens is 2. The summed E-state index contributed by atoms with van der Waals surface area (Å²) in [5, 5.41) is 4.45. The Bertz CT molecular complexity index is 385. The van der Waals surface area contributed by atoms with Crippen LogP contribution in [0, 0.1) is 19.3 Å². The van der Waals surface area contributed by atoms with E-state index in [2.05, 4.69) is 39.7 Å². The second kappa shape index (κ2) is 5.87. The van der Waals surface area contributed by atoms with Crippen LogP contribution in [0.5, 0.6) is 0 Å². The van der Waals surface area contributed by atoms with Crippen LogP contribution >= 0.6 is 0 Å². The standard InChI is InChI=1S/C15H29N3/c1-11-14(12(2)18(6)17-11)8-7-13(16)9-10-15(3,4)5/h13H,7-10,16H2,1-6H3. The Hall–Kier alpha value is -0.830. The van der Waals surface area contributed by atoms with Gasteiger partial charge >= 0.3 is 0 Å². The molecule has 0 amide bonds. The molecule has 1 aromatic heterocycles. The Morgan fingerprint density at radius 3 is 2.28 bits per heavy atom. The maximum Gasteiger partial charge on any atom is 0.0628 e. The van der Waals surface area contributed by atoms with Crippen molar-refractivity contribution in [3.8, 4) is 0 Å². The van der Waals surface area contributed by atoms with Crippen LogP contribution in [0.2, 0.25) is 0 Å². The molecule has 0 spiro atoms. The van der Waals surface area contributed by atoms with Crippen molar-refractivity contribution in [2.45, 2.75) is 66.3 Å². The summed E-state index contributed by atoms with van der Waals surface area (Å²) in [5.74, 6) is 0. The van der Waals surface area contributed by atoms with E-state index in [1.807, 2.05) is 11.7 Å². The maximum absolute atomic E-state index is 6.21. The monoisotopic (exact) mass is 251 g/mol. The molecule has 18 heavy (non-hydrogen) atoms.